The Labute approximate surface area is 195 Å². The lowest BCUT2D eigenvalue weighted by molar-refractivity contribution is -0.145. The molecule has 0 amide bonds. The van der Waals surface area contributed by atoms with E-state index in [0.717, 1.165) is 25.4 Å². The quantitative estimate of drug-likeness (QED) is 0.373. The van der Waals surface area contributed by atoms with E-state index in [9.17, 15) is 17.6 Å². The van der Waals surface area contributed by atoms with Crippen molar-refractivity contribution < 1.29 is 22.3 Å². The Morgan fingerprint density at radius 2 is 1.94 bits per heavy atom. The number of aromatic amines is 1. The summed E-state index contributed by atoms with van der Waals surface area (Å²) >= 11 is 0. The average molecular weight is 488 g/mol. The molecular weight excluding hydrogens is 468 g/mol. The van der Waals surface area contributed by atoms with Crippen LogP contribution in [0.1, 0.15) is 12.2 Å². The number of nitrogens with one attached hydrogen (secondary N) is 2. The van der Waals surface area contributed by atoms with E-state index in [2.05, 4.69) is 35.1 Å². The Bertz CT molecular complexity index is 1440. The van der Waals surface area contributed by atoms with E-state index in [0.29, 0.717) is 51.8 Å². The van der Waals surface area contributed by atoms with Crippen molar-refractivity contribution in [2.24, 2.45) is 17.6 Å². The number of nitrogens with two attached hydrogens (primary N) is 1. The molecule has 0 bridgehead atoms. The summed E-state index contributed by atoms with van der Waals surface area (Å²) in [6.07, 6.45) is -1.91. The number of hydrogen-bond donors (Lipinski definition) is 3. The van der Waals surface area contributed by atoms with Crippen molar-refractivity contribution in [3.8, 4) is 11.8 Å². The number of benzene rings is 1. The third-order valence-corrected chi connectivity index (χ3v) is 6.76. The smallest absolute Gasteiger partial charge is 0.421 e. The molecule has 1 aliphatic heterocycles. The van der Waals surface area contributed by atoms with Crippen molar-refractivity contribution in [2.75, 3.05) is 30.4 Å². The van der Waals surface area contributed by atoms with E-state index < -0.39 is 17.8 Å². The van der Waals surface area contributed by atoms with Gasteiger partial charge < -0.3 is 25.7 Å². The highest BCUT2D eigenvalue weighted by Gasteiger charge is 2.46. The van der Waals surface area contributed by atoms with Gasteiger partial charge in [-0.25, -0.2) is 14.4 Å². The predicted octanol–water partition coefficient (Wildman–Crippen LogP) is 3.68. The number of fused-ring (bicyclic) bond motifs is 4. The van der Waals surface area contributed by atoms with Gasteiger partial charge in [0.1, 0.15) is 17.3 Å². The van der Waals surface area contributed by atoms with Crippen LogP contribution in [0.4, 0.5) is 29.1 Å². The fraction of sp³-hybridized carbons (Fsp3) is 0.364. The fourth-order valence-corrected chi connectivity index (χ4v) is 5.05. The van der Waals surface area contributed by atoms with Crippen LogP contribution in [0.5, 0.6) is 11.8 Å². The highest BCUT2D eigenvalue weighted by Crippen LogP contribution is 2.44. The zero-order chi connectivity index (χ0) is 24.5. The number of hydrogen-bond acceptors (Lipinski definition) is 8. The summed E-state index contributed by atoms with van der Waals surface area (Å²) in [7, 11) is 1.69. The molecule has 3 atom stereocenters. The normalized spacial score (nSPS) is 21.9. The first-order chi connectivity index (χ1) is 16.7. The number of nitrogens with zero attached hydrogens (tertiary/aromatic N) is 5. The molecule has 3 unspecified atom stereocenters. The molecule has 1 saturated carbocycles. The number of alkyl halides is 3. The van der Waals surface area contributed by atoms with E-state index in [1.165, 1.54) is 12.1 Å². The Morgan fingerprint density at radius 1 is 1.17 bits per heavy atom. The van der Waals surface area contributed by atoms with Gasteiger partial charge in [0.25, 0.3) is 0 Å². The Hall–Kier alpha value is -3.74. The third-order valence-electron chi connectivity index (χ3n) is 6.76. The topological polar surface area (TPSA) is 118 Å². The van der Waals surface area contributed by atoms with Gasteiger partial charge in [-0.3, -0.25) is 0 Å². The van der Waals surface area contributed by atoms with Gasteiger partial charge >= 0.3 is 12.2 Å². The third kappa shape index (κ3) is 3.57. The van der Waals surface area contributed by atoms with Gasteiger partial charge in [0, 0.05) is 31.6 Å². The lowest BCUT2D eigenvalue weighted by Crippen LogP contribution is -2.46. The van der Waals surface area contributed by atoms with Gasteiger partial charge in [-0.2, -0.15) is 23.1 Å². The van der Waals surface area contributed by atoms with Gasteiger partial charge in [0.05, 0.1) is 29.0 Å². The number of anilines is 2. The molecule has 35 heavy (non-hydrogen) atoms. The molecule has 182 valence electrons. The summed E-state index contributed by atoms with van der Waals surface area (Å²) in [4.78, 5) is 20.9. The van der Waals surface area contributed by atoms with E-state index in [1.807, 2.05) is 0 Å². The molecule has 4 aromatic rings. The first kappa shape index (κ1) is 21.8. The minimum Gasteiger partial charge on any atom is -0.421 e. The summed E-state index contributed by atoms with van der Waals surface area (Å²) in [6.45, 7) is 1.41. The largest absolute Gasteiger partial charge is 0.451 e. The molecular formula is C22H20F4N8O. The molecule has 13 heteroatoms. The molecule has 0 radical (unpaired) electrons. The summed E-state index contributed by atoms with van der Waals surface area (Å²) in [5.74, 6) is -0.425. The van der Waals surface area contributed by atoms with Crippen LogP contribution in [-0.2, 0) is 6.18 Å². The number of rotatable bonds is 4. The molecule has 4 heterocycles. The minimum atomic E-state index is -4.66. The monoisotopic (exact) mass is 488 g/mol. The van der Waals surface area contributed by atoms with Crippen LogP contribution in [-0.4, -0.2) is 51.1 Å². The molecule has 9 nitrogen and oxygen atoms in total. The van der Waals surface area contributed by atoms with Crippen molar-refractivity contribution in [1.29, 1.82) is 0 Å². The van der Waals surface area contributed by atoms with E-state index in [4.69, 9.17) is 10.5 Å². The van der Waals surface area contributed by atoms with Crippen molar-refractivity contribution in [3.63, 3.8) is 0 Å². The van der Waals surface area contributed by atoms with Crippen LogP contribution in [0.15, 0.2) is 24.5 Å². The van der Waals surface area contributed by atoms with Gasteiger partial charge in [-0.1, -0.05) is 0 Å². The molecule has 2 aliphatic rings. The lowest BCUT2D eigenvalue weighted by Gasteiger charge is -2.36. The summed E-state index contributed by atoms with van der Waals surface area (Å²) in [5, 5.41) is 4.20. The van der Waals surface area contributed by atoms with Crippen LogP contribution in [0.25, 0.3) is 21.9 Å². The van der Waals surface area contributed by atoms with Gasteiger partial charge in [-0.05, 0) is 30.4 Å². The molecule has 1 aliphatic carbocycles. The van der Waals surface area contributed by atoms with E-state index >= 15 is 0 Å². The van der Waals surface area contributed by atoms with Crippen LogP contribution in [0.2, 0.25) is 0 Å². The van der Waals surface area contributed by atoms with Crippen LogP contribution in [0.3, 0.4) is 0 Å². The van der Waals surface area contributed by atoms with Crippen LogP contribution < -0.4 is 20.7 Å². The number of ether oxygens (including phenoxy) is 1. The Kier molecular flexibility index (Phi) is 4.75. The predicted molar refractivity (Wildman–Crippen MR) is 120 cm³/mol. The summed E-state index contributed by atoms with van der Waals surface area (Å²) in [5.41, 5.74) is 7.77. The molecule has 1 saturated heterocycles. The standard InChI is InChI=1S/C22H20F4N8O/c1-28-15-4-10(23)3-12-16-18(31-17(12)15)32-21(35-11-5-29-20(30-6-11)22(24,25)26)33-19(16)34-7-9-2-14(27)13(9)8-34/h3-6,9,13-14,28H,2,7-8,27H2,1H3,(H,31,32,33). The van der Waals surface area contributed by atoms with Crippen molar-refractivity contribution >= 4 is 33.4 Å². The van der Waals surface area contributed by atoms with Crippen molar-refractivity contribution in [2.45, 2.75) is 18.6 Å². The van der Waals surface area contributed by atoms with Crippen molar-refractivity contribution in [3.05, 3.63) is 36.2 Å². The number of halogens is 4. The fourth-order valence-electron chi connectivity index (χ4n) is 5.05. The Balaban J connectivity index is 1.47. The molecule has 6 rings (SSSR count). The molecule has 1 aromatic carbocycles. The molecule has 2 fully saturated rings. The first-order valence-corrected chi connectivity index (χ1v) is 11.0. The zero-order valence-electron chi connectivity index (χ0n) is 18.4. The first-order valence-electron chi connectivity index (χ1n) is 11.0. The highest BCUT2D eigenvalue weighted by atomic mass is 19.4. The summed E-state index contributed by atoms with van der Waals surface area (Å²) in [6, 6.07) is 2.82. The second-order valence-corrected chi connectivity index (χ2v) is 8.87. The second kappa shape index (κ2) is 7.63. The second-order valence-electron chi connectivity index (χ2n) is 8.87. The number of aromatic nitrogens is 5. The van der Waals surface area contributed by atoms with Gasteiger partial charge in [0.2, 0.25) is 5.82 Å². The van der Waals surface area contributed by atoms with E-state index in [1.54, 1.807) is 7.05 Å². The Morgan fingerprint density at radius 3 is 2.60 bits per heavy atom. The van der Waals surface area contributed by atoms with Crippen molar-refractivity contribution in [1.82, 2.24) is 24.9 Å². The molecule has 0 spiro atoms. The van der Waals surface area contributed by atoms with Gasteiger partial charge in [0.15, 0.2) is 5.75 Å². The van der Waals surface area contributed by atoms with Crippen LogP contribution >= 0.6 is 0 Å². The molecule has 4 N–H and O–H groups in total. The zero-order valence-corrected chi connectivity index (χ0v) is 18.4. The molecule has 3 aromatic heterocycles. The maximum atomic E-state index is 14.4. The maximum Gasteiger partial charge on any atom is 0.451 e. The maximum absolute atomic E-state index is 14.4. The lowest BCUT2D eigenvalue weighted by atomic mass is 9.72. The average Bonchev–Trinajstić information content (AvgIpc) is 3.35. The highest BCUT2D eigenvalue weighted by molar-refractivity contribution is 6.14. The SMILES string of the molecule is CNc1cc(F)cc2c1[nH]c1nc(Oc3cnc(C(F)(F)F)nc3)nc(N3CC4CC(N)C4C3)c12. The number of H-pyrrole nitrogens is 1. The van der Waals surface area contributed by atoms with Gasteiger partial charge in [-0.15, -0.1) is 0 Å². The minimum absolute atomic E-state index is 0.0510. The summed E-state index contributed by atoms with van der Waals surface area (Å²) < 4.78 is 58.4. The van der Waals surface area contributed by atoms with E-state index in [-0.39, 0.29) is 17.8 Å². The van der Waals surface area contributed by atoms with Crippen LogP contribution in [0, 0.1) is 17.7 Å².